The number of nitrogens with zero attached hydrogens (tertiary/aromatic N) is 1. The van der Waals surface area contributed by atoms with Crippen LogP contribution in [0.1, 0.15) is 34.6 Å². The largest absolute Gasteiger partial charge is 0.302 e. The van der Waals surface area contributed by atoms with Crippen LogP contribution in [0.3, 0.4) is 0 Å². The zero-order chi connectivity index (χ0) is 10.1. The lowest BCUT2D eigenvalue weighted by atomic mass is 9.95. The minimum absolute atomic E-state index is 0.0605. The van der Waals surface area contributed by atoms with E-state index in [4.69, 9.17) is 0 Å². The van der Waals surface area contributed by atoms with Crippen molar-refractivity contribution in [2.75, 3.05) is 0 Å². The van der Waals surface area contributed by atoms with Gasteiger partial charge in [0.2, 0.25) is 5.78 Å². The molecule has 0 unspecified atom stereocenters. The van der Waals surface area contributed by atoms with Crippen LogP contribution >= 0.6 is 0 Å². The Balaban J connectivity index is 2.35. The van der Waals surface area contributed by atoms with Crippen molar-refractivity contribution in [1.82, 2.24) is 10.2 Å². The van der Waals surface area contributed by atoms with Crippen molar-refractivity contribution in [3.8, 4) is 0 Å². The maximum atomic E-state index is 12.2. The fourth-order valence-electron chi connectivity index (χ4n) is 1.79. The molecule has 1 N–H and O–H groups in total. The molecule has 1 aromatic rings. The summed E-state index contributed by atoms with van der Waals surface area (Å²) in [4.78, 5) is 11.0. The van der Waals surface area contributed by atoms with Crippen molar-refractivity contribution < 1.29 is 13.6 Å². The predicted octanol–water partition coefficient (Wildman–Crippen LogP) is 1.74. The number of Topliss-reactive ketones (excluding diaryl/α,β-unsaturated/α-hetero) is 1. The summed E-state index contributed by atoms with van der Waals surface area (Å²) in [5.41, 5.74) is 1.48. The number of ketones is 1. The second-order valence-electron chi connectivity index (χ2n) is 3.40. The number of rotatable bonds is 2. The van der Waals surface area contributed by atoms with E-state index >= 15 is 0 Å². The van der Waals surface area contributed by atoms with Crippen molar-refractivity contribution in [2.24, 2.45) is 0 Å². The van der Waals surface area contributed by atoms with E-state index in [1.165, 1.54) is 0 Å². The zero-order valence-corrected chi connectivity index (χ0v) is 7.52. The summed E-state index contributed by atoms with van der Waals surface area (Å²) < 4.78 is 24.3. The third-order valence-corrected chi connectivity index (χ3v) is 2.49. The number of nitrogens with one attached hydrogen (secondary N) is 1. The first kappa shape index (κ1) is 9.30. The van der Waals surface area contributed by atoms with Crippen molar-refractivity contribution in [1.29, 1.82) is 0 Å². The average Bonchev–Trinajstić information content (AvgIpc) is 2.60. The Bertz CT molecular complexity index is 360. The molecule has 1 aromatic heterocycles. The van der Waals surface area contributed by atoms with Gasteiger partial charge in [0.15, 0.2) is 0 Å². The molecule has 0 aliphatic heterocycles. The molecule has 0 atom stereocenters. The number of hydrogen-bond donors (Lipinski definition) is 1. The maximum Gasteiger partial charge on any atom is 0.302 e. The SMILES string of the molecule is O=C(c1n[nH]c2c1CCCC2)C(F)F. The van der Waals surface area contributed by atoms with Gasteiger partial charge < -0.3 is 0 Å². The number of aromatic nitrogens is 2. The Hall–Kier alpha value is -1.26. The monoisotopic (exact) mass is 200 g/mol. The van der Waals surface area contributed by atoms with Gasteiger partial charge in [-0.1, -0.05) is 0 Å². The Morgan fingerprint density at radius 1 is 1.36 bits per heavy atom. The van der Waals surface area contributed by atoms with E-state index < -0.39 is 12.2 Å². The molecule has 1 aliphatic rings. The fourth-order valence-corrected chi connectivity index (χ4v) is 1.79. The molecule has 0 amide bonds. The summed E-state index contributed by atoms with van der Waals surface area (Å²) in [6.07, 6.45) is 0.496. The van der Waals surface area contributed by atoms with Gasteiger partial charge in [-0.3, -0.25) is 9.89 Å². The van der Waals surface area contributed by atoms with Crippen LogP contribution in [0.5, 0.6) is 0 Å². The second-order valence-corrected chi connectivity index (χ2v) is 3.40. The predicted molar refractivity (Wildman–Crippen MR) is 45.6 cm³/mol. The van der Waals surface area contributed by atoms with E-state index in [1.54, 1.807) is 0 Å². The standard InChI is InChI=1S/C9H10F2N2O/c10-9(11)8(14)7-5-3-1-2-4-6(5)12-13-7/h9H,1-4H2,(H,12,13). The summed E-state index contributed by atoms with van der Waals surface area (Å²) in [5.74, 6) is -1.16. The molecule has 0 saturated heterocycles. The van der Waals surface area contributed by atoms with Gasteiger partial charge in [0.25, 0.3) is 0 Å². The van der Waals surface area contributed by atoms with Crippen LogP contribution in [0.4, 0.5) is 8.78 Å². The molecule has 1 aliphatic carbocycles. The van der Waals surface area contributed by atoms with Crippen LogP contribution in [0.15, 0.2) is 0 Å². The summed E-state index contributed by atoms with van der Waals surface area (Å²) in [5, 5.41) is 6.32. The molecular weight excluding hydrogens is 190 g/mol. The lowest BCUT2D eigenvalue weighted by Crippen LogP contribution is -2.14. The van der Waals surface area contributed by atoms with Crippen molar-refractivity contribution in [3.05, 3.63) is 17.0 Å². The highest BCUT2D eigenvalue weighted by Gasteiger charge is 2.26. The van der Waals surface area contributed by atoms with Gasteiger partial charge in [-0.15, -0.1) is 0 Å². The molecule has 0 spiro atoms. The normalized spacial score (nSPS) is 15.6. The Morgan fingerprint density at radius 3 is 2.79 bits per heavy atom. The molecule has 1 heterocycles. The van der Waals surface area contributed by atoms with Crippen LogP contribution in [0.25, 0.3) is 0 Å². The number of fused-ring (bicyclic) bond motifs is 1. The molecule has 0 aromatic carbocycles. The van der Waals surface area contributed by atoms with E-state index in [9.17, 15) is 13.6 Å². The molecule has 5 heteroatoms. The Kier molecular flexibility index (Phi) is 2.31. The molecule has 0 saturated carbocycles. The first-order chi connectivity index (χ1) is 6.70. The first-order valence-electron chi connectivity index (χ1n) is 4.58. The van der Waals surface area contributed by atoms with Crippen LogP contribution in [-0.2, 0) is 12.8 Å². The first-order valence-corrected chi connectivity index (χ1v) is 4.58. The molecule has 3 nitrogen and oxygen atoms in total. The Labute approximate surface area is 79.5 Å². The van der Waals surface area contributed by atoms with Gasteiger partial charge in [-0.05, 0) is 25.7 Å². The number of H-pyrrole nitrogens is 1. The van der Waals surface area contributed by atoms with Crippen LogP contribution < -0.4 is 0 Å². The second kappa shape index (κ2) is 3.48. The minimum atomic E-state index is -2.95. The van der Waals surface area contributed by atoms with Gasteiger partial charge in [0, 0.05) is 11.3 Å². The van der Waals surface area contributed by atoms with Crippen molar-refractivity contribution in [3.63, 3.8) is 0 Å². The number of aryl methyl sites for hydroxylation is 1. The number of aromatic amines is 1. The topological polar surface area (TPSA) is 45.8 Å². The van der Waals surface area contributed by atoms with Crippen LogP contribution in [-0.4, -0.2) is 22.4 Å². The van der Waals surface area contributed by atoms with Gasteiger partial charge in [-0.2, -0.15) is 5.10 Å². The number of halogens is 2. The number of carbonyl (C=O) groups is 1. The Morgan fingerprint density at radius 2 is 2.07 bits per heavy atom. The zero-order valence-electron chi connectivity index (χ0n) is 7.52. The lowest BCUT2D eigenvalue weighted by Gasteiger charge is -2.10. The van der Waals surface area contributed by atoms with E-state index in [0.717, 1.165) is 25.0 Å². The molecule has 76 valence electrons. The highest BCUT2D eigenvalue weighted by molar-refractivity contribution is 5.98. The summed E-state index contributed by atoms with van der Waals surface area (Å²) >= 11 is 0. The minimum Gasteiger partial charge on any atom is -0.286 e. The number of carbonyl (C=O) groups excluding carboxylic acids is 1. The molecular formula is C9H10F2N2O. The van der Waals surface area contributed by atoms with E-state index in [2.05, 4.69) is 10.2 Å². The number of alkyl halides is 2. The summed E-state index contributed by atoms with van der Waals surface area (Å²) in [7, 11) is 0. The molecule has 0 radical (unpaired) electrons. The van der Waals surface area contributed by atoms with Gasteiger partial charge in [-0.25, -0.2) is 8.78 Å². The summed E-state index contributed by atoms with van der Waals surface area (Å²) in [6.45, 7) is 0. The van der Waals surface area contributed by atoms with E-state index in [-0.39, 0.29) is 5.69 Å². The average molecular weight is 200 g/mol. The smallest absolute Gasteiger partial charge is 0.286 e. The maximum absolute atomic E-state index is 12.2. The highest BCUT2D eigenvalue weighted by Crippen LogP contribution is 2.23. The molecule has 2 rings (SSSR count). The highest BCUT2D eigenvalue weighted by atomic mass is 19.3. The third-order valence-electron chi connectivity index (χ3n) is 2.49. The van der Waals surface area contributed by atoms with Gasteiger partial charge in [0.1, 0.15) is 5.69 Å². The van der Waals surface area contributed by atoms with Crippen molar-refractivity contribution in [2.45, 2.75) is 32.1 Å². The van der Waals surface area contributed by atoms with Crippen LogP contribution in [0, 0.1) is 0 Å². The van der Waals surface area contributed by atoms with E-state index in [0.29, 0.717) is 12.0 Å². The van der Waals surface area contributed by atoms with Gasteiger partial charge >= 0.3 is 6.43 Å². The summed E-state index contributed by atoms with van der Waals surface area (Å²) in [6, 6.07) is 0. The molecule has 14 heavy (non-hydrogen) atoms. The quantitative estimate of drug-likeness (QED) is 0.739. The third kappa shape index (κ3) is 1.42. The fraction of sp³-hybridized carbons (Fsp3) is 0.556. The van der Waals surface area contributed by atoms with Gasteiger partial charge in [0.05, 0.1) is 0 Å². The van der Waals surface area contributed by atoms with E-state index in [1.807, 2.05) is 0 Å². The van der Waals surface area contributed by atoms with Crippen molar-refractivity contribution >= 4 is 5.78 Å². The lowest BCUT2D eigenvalue weighted by molar-refractivity contribution is 0.0672. The number of hydrogen-bond acceptors (Lipinski definition) is 2. The van der Waals surface area contributed by atoms with Crippen LogP contribution in [0.2, 0.25) is 0 Å². The molecule has 0 fully saturated rings. The molecule has 0 bridgehead atoms.